The summed E-state index contributed by atoms with van der Waals surface area (Å²) in [6.07, 6.45) is 6.96. The van der Waals surface area contributed by atoms with Gasteiger partial charge in [0.25, 0.3) is 0 Å². The van der Waals surface area contributed by atoms with Gasteiger partial charge < -0.3 is 9.84 Å². The number of allylic oxidation sites excluding steroid dienone is 4. The zero-order valence-corrected chi connectivity index (χ0v) is 12.4. The highest BCUT2D eigenvalue weighted by atomic mass is 16.5. The molecule has 0 fully saturated rings. The number of aliphatic hydroxyl groups excluding tert-OH is 1. The van der Waals surface area contributed by atoms with Crippen LogP contribution < -0.4 is 0 Å². The number of rotatable bonds is 4. The molecule has 0 spiro atoms. The van der Waals surface area contributed by atoms with E-state index in [0.717, 1.165) is 5.56 Å². The van der Waals surface area contributed by atoms with Crippen molar-refractivity contribution in [1.29, 1.82) is 0 Å². The summed E-state index contributed by atoms with van der Waals surface area (Å²) in [4.78, 5) is 23.5. The Bertz CT molecular complexity index is 638. The van der Waals surface area contributed by atoms with E-state index < -0.39 is 5.97 Å². The molecular weight excluding hydrogens is 280 g/mol. The summed E-state index contributed by atoms with van der Waals surface area (Å²) < 4.78 is 4.65. The molecule has 0 saturated carbocycles. The summed E-state index contributed by atoms with van der Waals surface area (Å²) in [7, 11) is 1.31. The minimum Gasteiger partial charge on any atom is -0.508 e. The van der Waals surface area contributed by atoms with Gasteiger partial charge in [0.05, 0.1) is 13.5 Å². The van der Waals surface area contributed by atoms with Crippen LogP contribution in [0.2, 0.25) is 0 Å². The van der Waals surface area contributed by atoms with Crippen molar-refractivity contribution < 1.29 is 19.4 Å². The molecule has 0 aliphatic heterocycles. The summed E-state index contributed by atoms with van der Waals surface area (Å²) in [6, 6.07) is 9.46. The number of carbonyl (C=O) groups is 2. The molecule has 1 aromatic carbocycles. The minimum atomic E-state index is -0.398. The van der Waals surface area contributed by atoms with Crippen LogP contribution in [0.3, 0.4) is 0 Å². The van der Waals surface area contributed by atoms with Crippen molar-refractivity contribution in [2.24, 2.45) is 5.92 Å². The van der Waals surface area contributed by atoms with Gasteiger partial charge in [0, 0.05) is 11.5 Å². The summed E-state index contributed by atoms with van der Waals surface area (Å²) in [6.45, 7) is 0. The molecule has 1 atom stereocenters. The molecule has 1 N–H and O–H groups in total. The predicted octanol–water partition coefficient (Wildman–Crippen LogP) is 3.22. The molecule has 22 heavy (non-hydrogen) atoms. The summed E-state index contributed by atoms with van der Waals surface area (Å²) >= 11 is 0. The normalized spacial score (nSPS) is 20.2. The van der Waals surface area contributed by atoms with Gasteiger partial charge in [-0.05, 0) is 24.1 Å². The number of methoxy groups -OCH3 is 1. The first-order chi connectivity index (χ1) is 10.6. The second-order valence-electron chi connectivity index (χ2n) is 5.02. The Hall–Kier alpha value is -2.62. The Balaban J connectivity index is 2.26. The van der Waals surface area contributed by atoms with E-state index in [2.05, 4.69) is 4.74 Å². The van der Waals surface area contributed by atoms with Gasteiger partial charge in [-0.1, -0.05) is 42.5 Å². The Morgan fingerprint density at radius 3 is 2.77 bits per heavy atom. The smallest absolute Gasteiger partial charge is 0.306 e. The van der Waals surface area contributed by atoms with Crippen molar-refractivity contribution >= 4 is 17.8 Å². The van der Waals surface area contributed by atoms with E-state index >= 15 is 0 Å². The molecule has 0 bridgehead atoms. The van der Waals surface area contributed by atoms with Crippen LogP contribution in [0.5, 0.6) is 0 Å². The van der Waals surface area contributed by atoms with Crippen molar-refractivity contribution in [3.8, 4) is 0 Å². The Morgan fingerprint density at radius 1 is 1.36 bits per heavy atom. The number of esters is 1. The van der Waals surface area contributed by atoms with Crippen LogP contribution in [-0.2, 0) is 14.3 Å². The van der Waals surface area contributed by atoms with Crippen LogP contribution in [0.25, 0.3) is 6.08 Å². The van der Waals surface area contributed by atoms with Gasteiger partial charge in [-0.15, -0.1) is 0 Å². The van der Waals surface area contributed by atoms with E-state index in [-0.39, 0.29) is 29.5 Å². The zero-order chi connectivity index (χ0) is 15.9. The summed E-state index contributed by atoms with van der Waals surface area (Å²) in [5.74, 6) is -1.13. The van der Waals surface area contributed by atoms with Gasteiger partial charge in [0.2, 0.25) is 0 Å². The highest BCUT2D eigenvalue weighted by Crippen LogP contribution is 2.28. The second-order valence-corrected chi connectivity index (χ2v) is 5.02. The number of hydrogen-bond donors (Lipinski definition) is 1. The van der Waals surface area contributed by atoms with Crippen molar-refractivity contribution in [3.05, 3.63) is 65.5 Å². The van der Waals surface area contributed by atoms with Crippen LogP contribution in [-0.4, -0.2) is 24.0 Å². The van der Waals surface area contributed by atoms with Gasteiger partial charge in [-0.3, -0.25) is 9.59 Å². The molecule has 1 aliphatic rings. The fraction of sp³-hybridized carbons (Fsp3) is 0.222. The van der Waals surface area contributed by atoms with Crippen molar-refractivity contribution in [1.82, 2.24) is 0 Å². The molecular formula is C18H18O4. The van der Waals surface area contributed by atoms with Gasteiger partial charge in [0.1, 0.15) is 5.76 Å². The molecule has 4 nitrogen and oxygen atoms in total. The largest absolute Gasteiger partial charge is 0.508 e. The molecule has 0 aromatic heterocycles. The summed E-state index contributed by atoms with van der Waals surface area (Å²) in [5, 5.41) is 10.2. The van der Waals surface area contributed by atoms with Crippen molar-refractivity contribution in [2.75, 3.05) is 7.11 Å². The Labute approximate surface area is 129 Å². The molecule has 0 heterocycles. The fourth-order valence-electron chi connectivity index (χ4n) is 2.38. The number of carbonyl (C=O) groups excluding carboxylic acids is 2. The van der Waals surface area contributed by atoms with Crippen LogP contribution in [0, 0.1) is 5.92 Å². The lowest BCUT2D eigenvalue weighted by molar-refractivity contribution is -0.141. The molecule has 1 unspecified atom stereocenters. The first-order valence-electron chi connectivity index (χ1n) is 7.05. The number of hydrogen-bond acceptors (Lipinski definition) is 4. The first-order valence-corrected chi connectivity index (χ1v) is 7.05. The average molecular weight is 298 g/mol. The molecule has 0 amide bonds. The SMILES string of the molecule is COC(=O)CC1CC=CC(=O)/C1=C(O)/C=C/c1ccccc1. The van der Waals surface area contributed by atoms with Gasteiger partial charge >= 0.3 is 5.97 Å². The minimum absolute atomic E-state index is 0.0746. The molecule has 1 aliphatic carbocycles. The van der Waals surface area contributed by atoms with E-state index in [4.69, 9.17) is 0 Å². The second kappa shape index (κ2) is 7.41. The van der Waals surface area contributed by atoms with Gasteiger partial charge in [0.15, 0.2) is 5.78 Å². The molecule has 2 rings (SSSR count). The quantitative estimate of drug-likeness (QED) is 0.526. The van der Waals surface area contributed by atoms with Crippen LogP contribution in [0.15, 0.2) is 59.9 Å². The first kappa shape index (κ1) is 15.8. The van der Waals surface area contributed by atoms with E-state index in [9.17, 15) is 14.7 Å². The topological polar surface area (TPSA) is 63.6 Å². The lowest BCUT2D eigenvalue weighted by atomic mass is 9.84. The van der Waals surface area contributed by atoms with E-state index in [1.54, 1.807) is 12.2 Å². The molecule has 4 heteroatoms. The van der Waals surface area contributed by atoms with E-state index in [1.165, 1.54) is 19.3 Å². The lowest BCUT2D eigenvalue weighted by Crippen LogP contribution is -2.20. The monoisotopic (exact) mass is 298 g/mol. The highest BCUT2D eigenvalue weighted by molar-refractivity contribution is 6.06. The third-order valence-electron chi connectivity index (χ3n) is 3.51. The molecule has 1 aromatic rings. The number of ether oxygens (including phenoxy) is 1. The Morgan fingerprint density at radius 2 is 2.09 bits per heavy atom. The lowest BCUT2D eigenvalue weighted by Gasteiger charge is -2.20. The number of ketones is 1. The third-order valence-corrected chi connectivity index (χ3v) is 3.51. The fourth-order valence-corrected chi connectivity index (χ4v) is 2.38. The maximum absolute atomic E-state index is 12.0. The van der Waals surface area contributed by atoms with Crippen LogP contribution in [0.1, 0.15) is 18.4 Å². The highest BCUT2D eigenvalue weighted by Gasteiger charge is 2.27. The average Bonchev–Trinajstić information content (AvgIpc) is 2.53. The van der Waals surface area contributed by atoms with Crippen molar-refractivity contribution in [3.63, 3.8) is 0 Å². The van der Waals surface area contributed by atoms with Gasteiger partial charge in [-0.2, -0.15) is 0 Å². The molecule has 0 radical (unpaired) electrons. The third kappa shape index (κ3) is 3.95. The number of benzene rings is 1. The molecule has 114 valence electrons. The van der Waals surface area contributed by atoms with Crippen LogP contribution in [0.4, 0.5) is 0 Å². The zero-order valence-electron chi connectivity index (χ0n) is 12.4. The van der Waals surface area contributed by atoms with Crippen LogP contribution >= 0.6 is 0 Å². The van der Waals surface area contributed by atoms with Gasteiger partial charge in [-0.25, -0.2) is 0 Å². The maximum Gasteiger partial charge on any atom is 0.306 e. The van der Waals surface area contributed by atoms with E-state index in [1.807, 2.05) is 30.3 Å². The number of aliphatic hydroxyl groups is 1. The summed E-state index contributed by atoms with van der Waals surface area (Å²) in [5.41, 5.74) is 1.18. The molecule has 0 saturated heterocycles. The predicted molar refractivity (Wildman–Crippen MR) is 84.0 cm³/mol. The maximum atomic E-state index is 12.0. The standard InChI is InChI=1S/C18H18O4/c1-22-17(21)12-14-8-5-9-15(19)18(14)16(20)11-10-13-6-3-2-4-7-13/h2-7,9-11,14,20H,8,12H2,1H3/b11-10+,18-16-. The van der Waals surface area contributed by atoms with Crippen molar-refractivity contribution in [2.45, 2.75) is 12.8 Å². The Kier molecular flexibility index (Phi) is 5.31. The van der Waals surface area contributed by atoms with E-state index in [0.29, 0.717) is 6.42 Å².